The van der Waals surface area contributed by atoms with Gasteiger partial charge >= 0.3 is 0 Å². The van der Waals surface area contributed by atoms with E-state index >= 15 is 0 Å². The van der Waals surface area contributed by atoms with E-state index in [-0.39, 0.29) is 0 Å². The summed E-state index contributed by atoms with van der Waals surface area (Å²) < 4.78 is 1.27. The van der Waals surface area contributed by atoms with E-state index in [4.69, 9.17) is 16.6 Å². The van der Waals surface area contributed by atoms with Crippen molar-refractivity contribution in [3.05, 3.63) is 46.1 Å². The quantitative estimate of drug-likeness (QED) is 0.451. The van der Waals surface area contributed by atoms with Crippen LogP contribution in [0.3, 0.4) is 0 Å². The number of halogens is 1. The molecule has 0 unspecified atom stereocenters. The average Bonchev–Trinajstić information content (AvgIpc) is 2.78. The summed E-state index contributed by atoms with van der Waals surface area (Å²) in [6, 6.07) is 8.38. The van der Waals surface area contributed by atoms with Gasteiger partial charge in [-0.3, -0.25) is 0 Å². The molecule has 4 rings (SSSR count). The lowest BCUT2D eigenvalue weighted by Gasteiger charge is -2.09. The monoisotopic (exact) mass is 314 g/mol. The third-order valence-electron chi connectivity index (χ3n) is 4.10. The first kappa shape index (κ1) is 13.2. The molecule has 0 aliphatic heterocycles. The highest BCUT2D eigenvalue weighted by Crippen LogP contribution is 2.34. The minimum absolute atomic E-state index is 0.646. The Kier molecular flexibility index (Phi) is 3.40. The molecule has 2 nitrogen and oxygen atoms in total. The molecule has 0 amide bonds. The Morgan fingerprint density at radius 3 is 2.81 bits per heavy atom. The van der Waals surface area contributed by atoms with E-state index in [9.17, 15) is 0 Å². The van der Waals surface area contributed by atoms with Crippen LogP contribution in [0.25, 0.3) is 21.5 Å². The van der Waals surface area contributed by atoms with Gasteiger partial charge in [0, 0.05) is 32.3 Å². The fourth-order valence-electron chi connectivity index (χ4n) is 3.00. The molecule has 1 aromatic carbocycles. The molecule has 1 aliphatic rings. The first-order valence-corrected chi connectivity index (χ1v) is 8.60. The summed E-state index contributed by atoms with van der Waals surface area (Å²) in [4.78, 5) is 9.42. The maximum absolute atomic E-state index is 6.44. The van der Waals surface area contributed by atoms with Crippen molar-refractivity contribution >= 4 is 33.0 Å². The van der Waals surface area contributed by atoms with Gasteiger partial charge in [0.2, 0.25) is 0 Å². The summed E-state index contributed by atoms with van der Waals surface area (Å²) >= 11 is 8.17. The third-order valence-corrected chi connectivity index (χ3v) is 5.38. The summed E-state index contributed by atoms with van der Waals surface area (Å²) in [6.07, 6.45) is 5.68. The van der Waals surface area contributed by atoms with Gasteiger partial charge in [-0.05, 0) is 31.7 Å². The maximum Gasteiger partial charge on any atom is 0.162 e. The third kappa shape index (κ3) is 2.34. The Hall–Kier alpha value is -1.45. The molecule has 2 heterocycles. The Balaban J connectivity index is 1.89. The van der Waals surface area contributed by atoms with E-state index in [0.717, 1.165) is 35.5 Å². The molecule has 0 radical (unpaired) electrons. The average molecular weight is 315 g/mol. The number of hydrogen-bond acceptors (Lipinski definition) is 3. The molecular formula is C17H15ClN2S. The SMILES string of the molecule is Clc1nc(-c2csc3ccccc23)nc2c1CCCCC2. The van der Waals surface area contributed by atoms with Gasteiger partial charge in [-0.1, -0.05) is 36.2 Å². The highest BCUT2D eigenvalue weighted by atomic mass is 35.5. The van der Waals surface area contributed by atoms with E-state index in [2.05, 4.69) is 34.6 Å². The number of benzene rings is 1. The molecule has 0 spiro atoms. The second kappa shape index (κ2) is 5.39. The van der Waals surface area contributed by atoms with Crippen LogP contribution in [0.4, 0.5) is 0 Å². The van der Waals surface area contributed by atoms with Gasteiger partial charge in [-0.25, -0.2) is 9.97 Å². The lowest BCUT2D eigenvalue weighted by atomic mass is 10.1. The molecule has 106 valence electrons. The summed E-state index contributed by atoms with van der Waals surface area (Å²) in [5, 5.41) is 4.00. The normalized spacial score (nSPS) is 14.9. The largest absolute Gasteiger partial charge is 0.233 e. The van der Waals surface area contributed by atoms with Gasteiger partial charge in [0.25, 0.3) is 0 Å². The van der Waals surface area contributed by atoms with Crippen molar-refractivity contribution in [2.24, 2.45) is 0 Å². The van der Waals surface area contributed by atoms with Crippen molar-refractivity contribution in [1.29, 1.82) is 0 Å². The van der Waals surface area contributed by atoms with Gasteiger partial charge in [0.15, 0.2) is 5.82 Å². The molecular weight excluding hydrogens is 300 g/mol. The molecule has 2 aromatic heterocycles. The van der Waals surface area contributed by atoms with Gasteiger partial charge in [-0.15, -0.1) is 11.3 Å². The van der Waals surface area contributed by atoms with Gasteiger partial charge < -0.3 is 0 Å². The summed E-state index contributed by atoms with van der Waals surface area (Å²) in [5.41, 5.74) is 3.42. The van der Waals surface area contributed by atoms with Crippen molar-refractivity contribution in [2.75, 3.05) is 0 Å². The summed E-state index contributed by atoms with van der Waals surface area (Å²) in [5.74, 6) is 0.776. The van der Waals surface area contributed by atoms with Crippen LogP contribution in [0.1, 0.15) is 30.5 Å². The molecule has 0 fully saturated rings. The van der Waals surface area contributed by atoms with Crippen molar-refractivity contribution in [3.63, 3.8) is 0 Å². The summed E-state index contributed by atoms with van der Waals surface area (Å²) in [6.45, 7) is 0. The number of hydrogen-bond donors (Lipinski definition) is 0. The second-order valence-electron chi connectivity index (χ2n) is 5.47. The first-order chi connectivity index (χ1) is 10.3. The number of nitrogens with zero attached hydrogens (tertiary/aromatic N) is 2. The first-order valence-electron chi connectivity index (χ1n) is 7.35. The molecule has 0 saturated heterocycles. The van der Waals surface area contributed by atoms with Crippen LogP contribution in [0.2, 0.25) is 5.15 Å². The fourth-order valence-corrected chi connectivity index (χ4v) is 4.22. The van der Waals surface area contributed by atoms with Crippen molar-refractivity contribution < 1.29 is 0 Å². The predicted octanol–water partition coefficient (Wildman–Crippen LogP) is 5.28. The predicted molar refractivity (Wildman–Crippen MR) is 89.1 cm³/mol. The lowest BCUT2D eigenvalue weighted by Crippen LogP contribution is -2.01. The van der Waals surface area contributed by atoms with Crippen LogP contribution < -0.4 is 0 Å². The zero-order chi connectivity index (χ0) is 14.2. The van der Waals surface area contributed by atoms with Crippen LogP contribution in [-0.4, -0.2) is 9.97 Å². The number of aromatic nitrogens is 2. The van der Waals surface area contributed by atoms with E-state index in [1.54, 1.807) is 11.3 Å². The van der Waals surface area contributed by atoms with Crippen molar-refractivity contribution in [2.45, 2.75) is 32.1 Å². The van der Waals surface area contributed by atoms with Crippen LogP contribution in [-0.2, 0) is 12.8 Å². The minimum atomic E-state index is 0.646. The number of thiophene rings is 1. The van der Waals surface area contributed by atoms with Gasteiger partial charge in [0.05, 0.1) is 0 Å². The van der Waals surface area contributed by atoms with E-state index in [1.807, 2.05) is 0 Å². The molecule has 0 saturated carbocycles. The second-order valence-corrected chi connectivity index (χ2v) is 6.74. The van der Waals surface area contributed by atoms with Crippen LogP contribution in [0.15, 0.2) is 29.6 Å². The standard InChI is InChI=1S/C17H15ClN2S/c18-16-12-7-2-1-3-8-14(12)19-17(20-16)13-10-21-15-9-5-4-6-11(13)15/h4-6,9-10H,1-3,7-8H2. The lowest BCUT2D eigenvalue weighted by molar-refractivity contribution is 0.709. The molecule has 3 aromatic rings. The summed E-state index contributed by atoms with van der Waals surface area (Å²) in [7, 11) is 0. The van der Waals surface area contributed by atoms with Crippen LogP contribution in [0, 0.1) is 0 Å². The topological polar surface area (TPSA) is 25.8 Å². The maximum atomic E-state index is 6.44. The molecule has 21 heavy (non-hydrogen) atoms. The highest BCUT2D eigenvalue weighted by Gasteiger charge is 2.17. The molecule has 0 N–H and O–H groups in total. The molecule has 0 atom stereocenters. The highest BCUT2D eigenvalue weighted by molar-refractivity contribution is 7.17. The fraction of sp³-hybridized carbons (Fsp3) is 0.294. The number of rotatable bonds is 1. The number of aryl methyl sites for hydroxylation is 1. The van der Waals surface area contributed by atoms with E-state index < -0.39 is 0 Å². The Morgan fingerprint density at radius 1 is 1.00 bits per heavy atom. The van der Waals surface area contributed by atoms with Crippen molar-refractivity contribution in [1.82, 2.24) is 9.97 Å². The Bertz CT molecular complexity index is 810. The number of fused-ring (bicyclic) bond motifs is 2. The van der Waals surface area contributed by atoms with Crippen molar-refractivity contribution in [3.8, 4) is 11.4 Å². The van der Waals surface area contributed by atoms with E-state index in [1.165, 1.54) is 29.3 Å². The zero-order valence-electron chi connectivity index (χ0n) is 11.6. The molecule has 1 aliphatic carbocycles. The molecule has 0 bridgehead atoms. The smallest absolute Gasteiger partial charge is 0.162 e. The van der Waals surface area contributed by atoms with E-state index in [0.29, 0.717) is 5.15 Å². The molecule has 4 heteroatoms. The van der Waals surface area contributed by atoms with Gasteiger partial charge in [-0.2, -0.15) is 0 Å². The Morgan fingerprint density at radius 2 is 1.86 bits per heavy atom. The van der Waals surface area contributed by atoms with Crippen LogP contribution in [0.5, 0.6) is 0 Å². The minimum Gasteiger partial charge on any atom is -0.233 e. The zero-order valence-corrected chi connectivity index (χ0v) is 13.2. The van der Waals surface area contributed by atoms with Gasteiger partial charge in [0.1, 0.15) is 5.15 Å². The van der Waals surface area contributed by atoms with Crippen LogP contribution >= 0.6 is 22.9 Å². The Labute approximate surface area is 132 Å².